The highest BCUT2D eigenvalue weighted by Crippen LogP contribution is 2.30. The van der Waals surface area contributed by atoms with E-state index in [4.69, 9.17) is 4.74 Å². The molecule has 1 aliphatic rings. The van der Waals surface area contributed by atoms with Crippen molar-refractivity contribution in [2.75, 3.05) is 6.54 Å². The van der Waals surface area contributed by atoms with Crippen LogP contribution in [-0.4, -0.2) is 52.1 Å². The molecule has 0 spiro atoms. The van der Waals surface area contributed by atoms with Crippen LogP contribution in [0.5, 0.6) is 0 Å². The molecule has 1 aliphatic heterocycles. The number of benzene rings is 1. The molecule has 0 saturated carbocycles. The van der Waals surface area contributed by atoms with Gasteiger partial charge in [-0.15, -0.1) is 0 Å². The van der Waals surface area contributed by atoms with E-state index in [1.807, 2.05) is 0 Å². The highest BCUT2D eigenvalue weighted by atomic mass is 19.4. The summed E-state index contributed by atoms with van der Waals surface area (Å²) in [6.07, 6.45) is -0.746. The summed E-state index contributed by atoms with van der Waals surface area (Å²) in [5.41, 5.74) is -1.42. The summed E-state index contributed by atoms with van der Waals surface area (Å²) < 4.78 is 43.5. The summed E-state index contributed by atoms with van der Waals surface area (Å²) in [4.78, 5) is 49.2. The molecule has 2 rings (SSSR count). The normalized spacial score (nSPS) is 14.4. The molecule has 1 aromatic rings. The van der Waals surface area contributed by atoms with Crippen LogP contribution < -0.4 is 10.6 Å². The number of alkyl carbamates (subject to hydrolysis) is 1. The molecule has 12 heteroatoms. The molecule has 3 N–H and O–H groups in total. The highest BCUT2D eigenvalue weighted by Gasteiger charge is 2.30. The van der Waals surface area contributed by atoms with Gasteiger partial charge >= 0.3 is 18.2 Å². The van der Waals surface area contributed by atoms with Gasteiger partial charge in [0.2, 0.25) is 0 Å². The number of carboxylic acids is 1. The minimum Gasteiger partial charge on any atom is -0.480 e. The number of carboxylic acid groups (broad SMARTS) is 1. The van der Waals surface area contributed by atoms with Crippen LogP contribution in [0.3, 0.4) is 0 Å². The zero-order chi connectivity index (χ0) is 27.8. The molecule has 0 fully saturated rings. The average Bonchev–Trinajstić information content (AvgIpc) is 2.79. The van der Waals surface area contributed by atoms with E-state index in [0.717, 1.165) is 12.1 Å². The molecule has 0 saturated heterocycles. The van der Waals surface area contributed by atoms with Gasteiger partial charge in [-0.05, 0) is 63.5 Å². The smallest absolute Gasteiger partial charge is 0.416 e. The first-order chi connectivity index (χ1) is 17.2. The molecule has 1 atom stereocenters. The van der Waals surface area contributed by atoms with Crippen molar-refractivity contribution >= 4 is 23.9 Å². The maximum absolute atomic E-state index is 12.8. The number of alkyl halides is 3. The fourth-order valence-electron chi connectivity index (χ4n) is 3.28. The second-order valence-corrected chi connectivity index (χ2v) is 9.13. The number of hydrogen-bond donors (Lipinski definition) is 3. The van der Waals surface area contributed by atoms with E-state index in [1.54, 1.807) is 26.7 Å². The number of amides is 2. The number of halogens is 3. The predicted molar refractivity (Wildman–Crippen MR) is 126 cm³/mol. The van der Waals surface area contributed by atoms with Gasteiger partial charge in [-0.2, -0.15) is 13.2 Å². The van der Waals surface area contributed by atoms with Crippen molar-refractivity contribution in [1.29, 1.82) is 0 Å². The van der Waals surface area contributed by atoms with Crippen LogP contribution in [0.1, 0.15) is 44.7 Å². The quantitative estimate of drug-likeness (QED) is 0.334. The summed E-state index contributed by atoms with van der Waals surface area (Å²) in [7, 11) is 0. The predicted octanol–water partition coefficient (Wildman–Crippen LogP) is 3.55. The van der Waals surface area contributed by atoms with Crippen LogP contribution in [0.4, 0.5) is 18.0 Å². The Labute approximate surface area is 211 Å². The van der Waals surface area contributed by atoms with Crippen molar-refractivity contribution in [3.05, 3.63) is 65.0 Å². The van der Waals surface area contributed by atoms with Crippen molar-refractivity contribution in [2.24, 2.45) is 0 Å². The van der Waals surface area contributed by atoms with Crippen molar-refractivity contribution in [1.82, 2.24) is 15.5 Å². The largest absolute Gasteiger partial charge is 0.480 e. The minimum absolute atomic E-state index is 0.0185. The van der Waals surface area contributed by atoms with Crippen LogP contribution in [0.2, 0.25) is 0 Å². The van der Waals surface area contributed by atoms with Crippen molar-refractivity contribution in [3.63, 3.8) is 0 Å². The lowest BCUT2D eigenvalue weighted by Gasteiger charge is -2.26. The van der Waals surface area contributed by atoms with Crippen molar-refractivity contribution in [3.8, 4) is 0 Å². The number of hydrogen-bond acceptors (Lipinski definition) is 6. The zero-order valence-corrected chi connectivity index (χ0v) is 20.5. The number of allylic oxidation sites excluding steroid dienone is 2. The summed E-state index contributed by atoms with van der Waals surface area (Å²) in [6, 6.07) is 3.01. The third kappa shape index (κ3) is 9.16. The van der Waals surface area contributed by atoms with Gasteiger partial charge in [0.25, 0.3) is 5.91 Å². The Morgan fingerprint density at radius 2 is 1.78 bits per heavy atom. The Morgan fingerprint density at radius 3 is 2.32 bits per heavy atom. The SMILES string of the molecule is CC(C)(C)OC(=O)NCCCC(NC(=O)C1=CC=CN(Cc2ccc(C(F)(F)F)cc2)C1=C=O)C(=O)O. The van der Waals surface area contributed by atoms with Gasteiger partial charge < -0.3 is 25.4 Å². The monoisotopic (exact) mass is 523 g/mol. The number of nitrogens with one attached hydrogen (secondary N) is 2. The maximum Gasteiger partial charge on any atom is 0.416 e. The van der Waals surface area contributed by atoms with E-state index in [-0.39, 0.29) is 37.2 Å². The first-order valence-electron chi connectivity index (χ1n) is 11.3. The molecule has 2 amide bonds. The van der Waals surface area contributed by atoms with Crippen LogP contribution >= 0.6 is 0 Å². The molecule has 0 bridgehead atoms. The second-order valence-electron chi connectivity index (χ2n) is 9.13. The van der Waals surface area contributed by atoms with E-state index in [2.05, 4.69) is 10.6 Å². The van der Waals surface area contributed by atoms with E-state index >= 15 is 0 Å². The molecule has 1 heterocycles. The van der Waals surface area contributed by atoms with Gasteiger partial charge in [0, 0.05) is 19.3 Å². The first-order valence-corrected chi connectivity index (χ1v) is 11.3. The molecule has 1 aromatic carbocycles. The Morgan fingerprint density at radius 1 is 1.14 bits per heavy atom. The van der Waals surface area contributed by atoms with E-state index in [9.17, 15) is 37.5 Å². The van der Waals surface area contributed by atoms with Gasteiger partial charge in [0.05, 0.1) is 11.1 Å². The summed E-state index contributed by atoms with van der Waals surface area (Å²) in [5.74, 6) is -0.500. The Kier molecular flexibility index (Phi) is 9.67. The topological polar surface area (TPSA) is 125 Å². The molecule has 9 nitrogen and oxygen atoms in total. The zero-order valence-electron chi connectivity index (χ0n) is 20.5. The van der Waals surface area contributed by atoms with E-state index in [1.165, 1.54) is 35.4 Å². The third-order valence-electron chi connectivity index (χ3n) is 4.99. The fourth-order valence-corrected chi connectivity index (χ4v) is 3.28. The van der Waals surface area contributed by atoms with Crippen LogP contribution in [0.25, 0.3) is 0 Å². The number of carbonyl (C=O) groups is 3. The third-order valence-corrected chi connectivity index (χ3v) is 4.99. The number of ether oxygens (including phenoxy) is 1. The summed E-state index contributed by atoms with van der Waals surface area (Å²) in [6.45, 7) is 5.18. The number of nitrogens with zero attached hydrogens (tertiary/aromatic N) is 1. The lowest BCUT2D eigenvalue weighted by atomic mass is 10.1. The van der Waals surface area contributed by atoms with Crippen LogP contribution in [0.15, 0.2) is 53.9 Å². The molecule has 0 aliphatic carbocycles. The lowest BCUT2D eigenvalue weighted by molar-refractivity contribution is -0.141. The van der Waals surface area contributed by atoms with Gasteiger partial charge in [-0.3, -0.25) is 4.79 Å². The highest BCUT2D eigenvalue weighted by molar-refractivity contribution is 6.02. The molecule has 0 aromatic heterocycles. The Hall–Kier alpha value is -4.05. The molecule has 37 heavy (non-hydrogen) atoms. The minimum atomic E-state index is -4.49. The Balaban J connectivity index is 1.99. The molecular weight excluding hydrogens is 495 g/mol. The van der Waals surface area contributed by atoms with E-state index in [0.29, 0.717) is 5.56 Å². The molecule has 1 unspecified atom stereocenters. The van der Waals surface area contributed by atoms with Crippen molar-refractivity contribution < 1.29 is 42.2 Å². The Bertz CT molecular complexity index is 1110. The molecular formula is C25H28F3N3O6. The van der Waals surface area contributed by atoms with Gasteiger partial charge in [-0.1, -0.05) is 12.1 Å². The number of rotatable bonds is 9. The second kappa shape index (κ2) is 12.3. The fraction of sp³-hybridized carbons (Fsp3) is 0.400. The maximum atomic E-state index is 12.8. The first kappa shape index (κ1) is 29.2. The van der Waals surface area contributed by atoms with Crippen LogP contribution in [0, 0.1) is 0 Å². The van der Waals surface area contributed by atoms with Crippen LogP contribution in [-0.2, 0) is 31.8 Å². The van der Waals surface area contributed by atoms with E-state index < -0.39 is 41.4 Å². The molecule has 0 radical (unpaired) electrons. The number of carbonyl (C=O) groups excluding carboxylic acids is 3. The van der Waals surface area contributed by atoms with Gasteiger partial charge in [0.1, 0.15) is 17.3 Å². The van der Waals surface area contributed by atoms with Gasteiger partial charge in [0.15, 0.2) is 5.94 Å². The molecule has 200 valence electrons. The van der Waals surface area contributed by atoms with Gasteiger partial charge in [-0.25, -0.2) is 14.4 Å². The number of aliphatic carboxylic acids is 1. The van der Waals surface area contributed by atoms with Crippen molar-refractivity contribution in [2.45, 2.75) is 58.0 Å². The summed E-state index contributed by atoms with van der Waals surface area (Å²) >= 11 is 0. The standard InChI is InChI=1S/C25H28F3N3O6/c1-24(2,3)37-23(36)29-12-4-7-19(22(34)35)30-21(33)18-6-5-13-31(20(18)15-32)14-16-8-10-17(11-9-16)25(26,27)28/h5-6,8-11,13,19H,4,7,12,14H2,1-3H3,(H,29,36)(H,30,33)(H,34,35). The summed E-state index contributed by atoms with van der Waals surface area (Å²) in [5, 5.41) is 14.3. The average molecular weight is 524 g/mol. The lowest BCUT2D eigenvalue weighted by Crippen LogP contribution is -2.43.